The normalized spacial score (nSPS) is 11.6. The van der Waals surface area contributed by atoms with Gasteiger partial charge in [-0.1, -0.05) is 12.1 Å². The lowest BCUT2D eigenvalue weighted by Gasteiger charge is -2.14. The molecule has 0 aliphatic rings. The van der Waals surface area contributed by atoms with Crippen LogP contribution in [0.25, 0.3) is 0 Å². The lowest BCUT2D eigenvalue weighted by Crippen LogP contribution is -2.19. The predicted octanol–water partition coefficient (Wildman–Crippen LogP) is 2.36. The summed E-state index contributed by atoms with van der Waals surface area (Å²) in [6, 6.07) is 5.35. The van der Waals surface area contributed by atoms with E-state index in [0.717, 1.165) is 6.07 Å². The standard InChI is InChI=1S/C13H12F3N3O/c1-8-9(3-2-4-10(8)13(14,15)16)7-19-11(12(17)20)5-6-18-19/h2-6H,7H2,1H3,(H2,17,20). The summed E-state index contributed by atoms with van der Waals surface area (Å²) in [7, 11) is 0. The SMILES string of the molecule is Cc1c(Cn2nccc2C(N)=O)cccc1C(F)(F)F. The Hall–Kier alpha value is -2.31. The zero-order chi connectivity index (χ0) is 14.9. The van der Waals surface area contributed by atoms with Gasteiger partial charge in [-0.2, -0.15) is 18.3 Å². The van der Waals surface area contributed by atoms with Crippen LogP contribution >= 0.6 is 0 Å². The molecule has 0 spiro atoms. The van der Waals surface area contributed by atoms with Crippen LogP contribution in [0.2, 0.25) is 0 Å². The molecular formula is C13H12F3N3O. The number of halogens is 3. The Bertz CT molecular complexity index is 647. The second-order valence-corrected chi connectivity index (χ2v) is 4.33. The van der Waals surface area contributed by atoms with Crippen molar-refractivity contribution in [2.24, 2.45) is 5.73 Å². The summed E-state index contributed by atoms with van der Waals surface area (Å²) >= 11 is 0. The molecule has 1 amide bonds. The van der Waals surface area contributed by atoms with Gasteiger partial charge in [-0.15, -0.1) is 0 Å². The molecule has 2 aromatic rings. The van der Waals surface area contributed by atoms with Gasteiger partial charge in [0.05, 0.1) is 12.1 Å². The summed E-state index contributed by atoms with van der Waals surface area (Å²) in [4.78, 5) is 11.2. The highest BCUT2D eigenvalue weighted by atomic mass is 19.4. The van der Waals surface area contributed by atoms with Crippen molar-refractivity contribution in [3.8, 4) is 0 Å². The zero-order valence-electron chi connectivity index (χ0n) is 10.6. The van der Waals surface area contributed by atoms with Crippen LogP contribution in [-0.2, 0) is 12.7 Å². The van der Waals surface area contributed by atoms with E-state index in [-0.39, 0.29) is 17.8 Å². The fraction of sp³-hybridized carbons (Fsp3) is 0.231. The van der Waals surface area contributed by atoms with Crippen molar-refractivity contribution in [1.82, 2.24) is 9.78 Å². The third-order valence-corrected chi connectivity index (χ3v) is 3.04. The molecular weight excluding hydrogens is 271 g/mol. The van der Waals surface area contributed by atoms with Gasteiger partial charge in [-0.3, -0.25) is 9.48 Å². The molecule has 0 radical (unpaired) electrons. The largest absolute Gasteiger partial charge is 0.416 e. The number of carbonyl (C=O) groups is 1. The lowest BCUT2D eigenvalue weighted by atomic mass is 10.0. The van der Waals surface area contributed by atoms with E-state index in [2.05, 4.69) is 5.10 Å². The lowest BCUT2D eigenvalue weighted by molar-refractivity contribution is -0.138. The average molecular weight is 283 g/mol. The van der Waals surface area contributed by atoms with Gasteiger partial charge in [0.1, 0.15) is 5.69 Å². The van der Waals surface area contributed by atoms with Crippen LogP contribution in [0.15, 0.2) is 30.5 Å². The molecule has 1 aromatic carbocycles. The number of primary amides is 1. The van der Waals surface area contributed by atoms with E-state index >= 15 is 0 Å². The number of hydrogen-bond donors (Lipinski definition) is 1. The molecule has 2 rings (SSSR count). The minimum atomic E-state index is -4.41. The first-order valence-electron chi connectivity index (χ1n) is 5.78. The molecule has 0 bridgehead atoms. The van der Waals surface area contributed by atoms with Crippen LogP contribution in [0.3, 0.4) is 0 Å². The van der Waals surface area contributed by atoms with E-state index in [1.54, 1.807) is 6.07 Å². The van der Waals surface area contributed by atoms with Gasteiger partial charge < -0.3 is 5.73 Å². The monoisotopic (exact) mass is 283 g/mol. The van der Waals surface area contributed by atoms with E-state index in [1.807, 2.05) is 0 Å². The maximum absolute atomic E-state index is 12.8. The second kappa shape index (κ2) is 4.99. The molecule has 20 heavy (non-hydrogen) atoms. The van der Waals surface area contributed by atoms with Crippen molar-refractivity contribution in [1.29, 1.82) is 0 Å². The number of hydrogen-bond acceptors (Lipinski definition) is 2. The summed E-state index contributed by atoms with van der Waals surface area (Å²) in [5.41, 5.74) is 5.19. The summed E-state index contributed by atoms with van der Waals surface area (Å²) in [5.74, 6) is -0.674. The maximum Gasteiger partial charge on any atom is 0.416 e. The van der Waals surface area contributed by atoms with E-state index in [4.69, 9.17) is 5.73 Å². The van der Waals surface area contributed by atoms with Crippen LogP contribution in [-0.4, -0.2) is 15.7 Å². The molecule has 0 saturated heterocycles. The van der Waals surface area contributed by atoms with Crippen molar-refractivity contribution in [2.75, 3.05) is 0 Å². The molecule has 0 saturated carbocycles. The number of nitrogens with two attached hydrogens (primary N) is 1. The number of nitrogens with zero attached hydrogens (tertiary/aromatic N) is 2. The van der Waals surface area contributed by atoms with Gasteiger partial charge in [-0.25, -0.2) is 0 Å². The van der Waals surface area contributed by atoms with E-state index in [0.29, 0.717) is 5.56 Å². The molecule has 4 nitrogen and oxygen atoms in total. The first kappa shape index (κ1) is 14.1. The Morgan fingerprint density at radius 1 is 1.35 bits per heavy atom. The Labute approximate surface area is 113 Å². The van der Waals surface area contributed by atoms with Crippen LogP contribution in [0, 0.1) is 6.92 Å². The first-order valence-corrected chi connectivity index (χ1v) is 5.78. The molecule has 1 heterocycles. The van der Waals surface area contributed by atoms with Crippen molar-refractivity contribution < 1.29 is 18.0 Å². The fourth-order valence-corrected chi connectivity index (χ4v) is 1.99. The maximum atomic E-state index is 12.8. The highest BCUT2D eigenvalue weighted by Gasteiger charge is 2.32. The summed E-state index contributed by atoms with van der Waals surface area (Å²) in [6.45, 7) is 1.45. The minimum absolute atomic E-state index is 0.0566. The van der Waals surface area contributed by atoms with Crippen LogP contribution in [0.4, 0.5) is 13.2 Å². The number of aromatic nitrogens is 2. The molecule has 0 aliphatic heterocycles. The van der Waals surface area contributed by atoms with Crippen LogP contribution in [0.5, 0.6) is 0 Å². The van der Waals surface area contributed by atoms with E-state index in [1.165, 1.54) is 29.9 Å². The highest BCUT2D eigenvalue weighted by Crippen LogP contribution is 2.33. The van der Waals surface area contributed by atoms with Gasteiger partial charge in [-0.05, 0) is 30.2 Å². The third kappa shape index (κ3) is 2.66. The molecule has 7 heteroatoms. The summed E-state index contributed by atoms with van der Waals surface area (Å²) in [5, 5.41) is 3.90. The third-order valence-electron chi connectivity index (χ3n) is 3.04. The second-order valence-electron chi connectivity index (χ2n) is 4.33. The fourth-order valence-electron chi connectivity index (χ4n) is 1.99. The molecule has 0 unspecified atom stereocenters. The predicted molar refractivity (Wildman–Crippen MR) is 66.0 cm³/mol. The van der Waals surface area contributed by atoms with Crippen molar-refractivity contribution in [3.05, 3.63) is 52.8 Å². The smallest absolute Gasteiger partial charge is 0.364 e. The van der Waals surface area contributed by atoms with Gasteiger partial charge >= 0.3 is 6.18 Å². The number of benzene rings is 1. The number of alkyl halides is 3. The van der Waals surface area contributed by atoms with Gasteiger partial charge in [0.15, 0.2) is 0 Å². The molecule has 0 fully saturated rings. The molecule has 1 aromatic heterocycles. The van der Waals surface area contributed by atoms with Crippen LogP contribution < -0.4 is 5.73 Å². The molecule has 0 aliphatic carbocycles. The number of carbonyl (C=O) groups excluding carboxylic acids is 1. The number of rotatable bonds is 3. The Kier molecular flexibility index (Phi) is 3.52. The summed E-state index contributed by atoms with van der Waals surface area (Å²) in [6.07, 6.45) is -3.03. The van der Waals surface area contributed by atoms with Gasteiger partial charge in [0.25, 0.3) is 5.91 Å². The van der Waals surface area contributed by atoms with E-state index in [9.17, 15) is 18.0 Å². The van der Waals surface area contributed by atoms with Crippen LogP contribution in [0.1, 0.15) is 27.2 Å². The van der Waals surface area contributed by atoms with Gasteiger partial charge in [0, 0.05) is 6.20 Å². The van der Waals surface area contributed by atoms with Gasteiger partial charge in [0.2, 0.25) is 0 Å². The van der Waals surface area contributed by atoms with Crippen molar-refractivity contribution in [3.63, 3.8) is 0 Å². The zero-order valence-corrected chi connectivity index (χ0v) is 10.6. The Balaban J connectivity index is 2.40. The van der Waals surface area contributed by atoms with E-state index < -0.39 is 17.6 Å². The first-order chi connectivity index (χ1) is 9.30. The number of amides is 1. The Morgan fingerprint density at radius 3 is 2.65 bits per heavy atom. The van der Waals surface area contributed by atoms with Crippen molar-refractivity contribution in [2.45, 2.75) is 19.6 Å². The molecule has 106 valence electrons. The minimum Gasteiger partial charge on any atom is -0.364 e. The average Bonchev–Trinajstić information content (AvgIpc) is 2.78. The molecule has 2 N–H and O–H groups in total. The quantitative estimate of drug-likeness (QED) is 0.940. The summed E-state index contributed by atoms with van der Waals surface area (Å²) < 4.78 is 39.7. The van der Waals surface area contributed by atoms with Crippen molar-refractivity contribution >= 4 is 5.91 Å². The topological polar surface area (TPSA) is 60.9 Å². The Morgan fingerprint density at radius 2 is 2.05 bits per heavy atom. The highest BCUT2D eigenvalue weighted by molar-refractivity contribution is 5.90. The molecule has 0 atom stereocenters.